The van der Waals surface area contributed by atoms with Gasteiger partial charge in [-0.15, -0.1) is 0 Å². The minimum atomic E-state index is -0.301. The standard InChI is InChI=1S/C10H11N3O/c1-7-3-8(6-11)5-9(4-7)10(14)13(2)12/h3-5H,12H2,1-2H3. The van der Waals surface area contributed by atoms with E-state index in [4.69, 9.17) is 11.1 Å². The molecule has 2 N–H and O–H groups in total. The Morgan fingerprint density at radius 1 is 1.50 bits per heavy atom. The molecule has 1 aromatic rings. The average molecular weight is 189 g/mol. The Kier molecular flexibility index (Phi) is 2.85. The van der Waals surface area contributed by atoms with Crippen LogP contribution in [0.25, 0.3) is 0 Å². The number of hydrazine groups is 1. The molecule has 4 heteroatoms. The van der Waals surface area contributed by atoms with Crippen LogP contribution in [0.4, 0.5) is 0 Å². The van der Waals surface area contributed by atoms with Crippen molar-refractivity contribution in [2.75, 3.05) is 7.05 Å². The molecule has 0 atom stereocenters. The molecule has 14 heavy (non-hydrogen) atoms. The van der Waals surface area contributed by atoms with Gasteiger partial charge >= 0.3 is 0 Å². The highest BCUT2D eigenvalue weighted by Crippen LogP contribution is 2.09. The van der Waals surface area contributed by atoms with Crippen LogP contribution in [-0.4, -0.2) is 18.0 Å². The Bertz CT molecular complexity index is 404. The van der Waals surface area contributed by atoms with Crippen LogP contribution in [0, 0.1) is 18.3 Å². The smallest absolute Gasteiger partial charge is 0.267 e. The molecule has 0 heterocycles. The molecule has 0 fully saturated rings. The zero-order valence-electron chi connectivity index (χ0n) is 8.11. The van der Waals surface area contributed by atoms with E-state index < -0.39 is 0 Å². The summed E-state index contributed by atoms with van der Waals surface area (Å²) in [5.74, 6) is 5.01. The maximum Gasteiger partial charge on any atom is 0.267 e. The summed E-state index contributed by atoms with van der Waals surface area (Å²) in [4.78, 5) is 11.5. The zero-order valence-corrected chi connectivity index (χ0v) is 8.11. The first-order valence-electron chi connectivity index (χ1n) is 4.09. The number of carbonyl (C=O) groups excluding carboxylic acids is 1. The minimum absolute atomic E-state index is 0.301. The third-order valence-electron chi connectivity index (χ3n) is 1.77. The highest BCUT2D eigenvalue weighted by molar-refractivity contribution is 5.94. The van der Waals surface area contributed by atoms with Gasteiger partial charge in [0.1, 0.15) is 0 Å². The van der Waals surface area contributed by atoms with E-state index in [1.165, 1.54) is 13.1 Å². The molecule has 0 saturated heterocycles. The number of nitriles is 1. The number of nitrogens with zero attached hydrogens (tertiary/aromatic N) is 2. The van der Waals surface area contributed by atoms with Crippen molar-refractivity contribution in [3.63, 3.8) is 0 Å². The van der Waals surface area contributed by atoms with Crippen LogP contribution in [0.1, 0.15) is 21.5 Å². The molecule has 0 aliphatic rings. The number of aryl methyl sites for hydroxylation is 1. The van der Waals surface area contributed by atoms with Crippen LogP contribution in [0.15, 0.2) is 18.2 Å². The van der Waals surface area contributed by atoms with Crippen LogP contribution >= 0.6 is 0 Å². The molecule has 4 nitrogen and oxygen atoms in total. The first-order valence-corrected chi connectivity index (χ1v) is 4.09. The van der Waals surface area contributed by atoms with E-state index in [9.17, 15) is 4.79 Å². The molecular weight excluding hydrogens is 178 g/mol. The molecule has 0 radical (unpaired) electrons. The van der Waals surface area contributed by atoms with Gasteiger partial charge in [-0.1, -0.05) is 0 Å². The maximum atomic E-state index is 11.5. The first kappa shape index (κ1) is 10.2. The number of nitrogens with two attached hydrogens (primary N) is 1. The van der Waals surface area contributed by atoms with Gasteiger partial charge in [-0.05, 0) is 30.7 Å². The predicted molar refractivity (Wildman–Crippen MR) is 52.2 cm³/mol. The molecular formula is C10H11N3O. The quantitative estimate of drug-likeness (QED) is 0.404. The molecule has 0 aliphatic heterocycles. The summed E-state index contributed by atoms with van der Waals surface area (Å²) in [5.41, 5.74) is 1.77. The minimum Gasteiger partial charge on any atom is -0.280 e. The monoisotopic (exact) mass is 189 g/mol. The molecule has 72 valence electrons. The van der Waals surface area contributed by atoms with E-state index in [1.54, 1.807) is 12.1 Å². The SMILES string of the molecule is Cc1cc(C#N)cc(C(=O)N(C)N)c1. The summed E-state index contributed by atoms with van der Waals surface area (Å²) < 4.78 is 0. The van der Waals surface area contributed by atoms with E-state index in [0.29, 0.717) is 11.1 Å². The fourth-order valence-electron chi connectivity index (χ4n) is 1.17. The van der Waals surface area contributed by atoms with Crippen molar-refractivity contribution in [3.8, 4) is 6.07 Å². The average Bonchev–Trinajstić information content (AvgIpc) is 2.15. The Morgan fingerprint density at radius 2 is 2.14 bits per heavy atom. The molecule has 0 bridgehead atoms. The summed E-state index contributed by atoms with van der Waals surface area (Å²) in [6.07, 6.45) is 0. The van der Waals surface area contributed by atoms with Gasteiger partial charge in [0.2, 0.25) is 0 Å². The maximum absolute atomic E-state index is 11.5. The predicted octanol–water partition coefficient (Wildman–Crippen LogP) is 0.812. The lowest BCUT2D eigenvalue weighted by Crippen LogP contribution is -2.33. The van der Waals surface area contributed by atoms with Gasteiger partial charge < -0.3 is 0 Å². The molecule has 0 saturated carbocycles. The third-order valence-corrected chi connectivity index (χ3v) is 1.77. The molecule has 0 aliphatic carbocycles. The van der Waals surface area contributed by atoms with Crippen LogP contribution in [-0.2, 0) is 0 Å². The van der Waals surface area contributed by atoms with Crippen LogP contribution in [0.3, 0.4) is 0 Å². The van der Waals surface area contributed by atoms with E-state index in [0.717, 1.165) is 10.6 Å². The summed E-state index contributed by atoms with van der Waals surface area (Å²) in [7, 11) is 1.47. The summed E-state index contributed by atoms with van der Waals surface area (Å²) in [6, 6.07) is 6.93. The Balaban J connectivity index is 3.17. The van der Waals surface area contributed by atoms with Crippen molar-refractivity contribution in [1.29, 1.82) is 5.26 Å². The number of rotatable bonds is 1. The number of hydrogen-bond donors (Lipinski definition) is 1. The lowest BCUT2D eigenvalue weighted by molar-refractivity contribution is 0.0795. The highest BCUT2D eigenvalue weighted by atomic mass is 16.2. The Morgan fingerprint density at radius 3 is 2.64 bits per heavy atom. The summed E-state index contributed by atoms with van der Waals surface area (Å²) in [5, 5.41) is 9.70. The topological polar surface area (TPSA) is 70.1 Å². The van der Waals surface area contributed by atoms with Crippen LogP contribution in [0.2, 0.25) is 0 Å². The second-order valence-corrected chi connectivity index (χ2v) is 3.12. The highest BCUT2D eigenvalue weighted by Gasteiger charge is 2.09. The van der Waals surface area contributed by atoms with Gasteiger partial charge in [-0.25, -0.2) is 5.84 Å². The lowest BCUT2D eigenvalue weighted by atomic mass is 10.1. The fourth-order valence-corrected chi connectivity index (χ4v) is 1.17. The number of benzene rings is 1. The molecule has 1 amide bonds. The summed E-state index contributed by atoms with van der Waals surface area (Å²) >= 11 is 0. The largest absolute Gasteiger partial charge is 0.280 e. The van der Waals surface area contributed by atoms with Crippen molar-refractivity contribution in [2.24, 2.45) is 5.84 Å². The first-order chi connectivity index (χ1) is 6.54. The Hall–Kier alpha value is -1.86. The number of hydrogen-bond acceptors (Lipinski definition) is 3. The van der Waals surface area contributed by atoms with E-state index in [1.807, 2.05) is 13.0 Å². The van der Waals surface area contributed by atoms with Crippen molar-refractivity contribution < 1.29 is 4.79 Å². The van der Waals surface area contributed by atoms with E-state index in [-0.39, 0.29) is 5.91 Å². The molecule has 1 aromatic carbocycles. The molecule has 1 rings (SSSR count). The van der Waals surface area contributed by atoms with Crippen LogP contribution in [0.5, 0.6) is 0 Å². The number of carbonyl (C=O) groups is 1. The fraction of sp³-hybridized carbons (Fsp3) is 0.200. The van der Waals surface area contributed by atoms with Crippen molar-refractivity contribution in [3.05, 3.63) is 34.9 Å². The van der Waals surface area contributed by atoms with Crippen molar-refractivity contribution >= 4 is 5.91 Å². The molecule has 0 aromatic heterocycles. The molecule has 0 unspecified atom stereocenters. The van der Waals surface area contributed by atoms with Gasteiger partial charge in [0.05, 0.1) is 11.6 Å². The third kappa shape index (κ3) is 2.09. The number of amides is 1. The van der Waals surface area contributed by atoms with E-state index in [2.05, 4.69) is 0 Å². The second-order valence-electron chi connectivity index (χ2n) is 3.12. The van der Waals surface area contributed by atoms with Gasteiger partial charge in [0.25, 0.3) is 5.91 Å². The second kappa shape index (κ2) is 3.90. The van der Waals surface area contributed by atoms with Gasteiger partial charge in [-0.3, -0.25) is 9.80 Å². The van der Waals surface area contributed by atoms with Gasteiger partial charge in [0.15, 0.2) is 0 Å². The van der Waals surface area contributed by atoms with Gasteiger partial charge in [-0.2, -0.15) is 5.26 Å². The Labute approximate surface area is 82.5 Å². The lowest BCUT2D eigenvalue weighted by Gasteiger charge is -2.10. The van der Waals surface area contributed by atoms with E-state index >= 15 is 0 Å². The van der Waals surface area contributed by atoms with Crippen LogP contribution < -0.4 is 5.84 Å². The zero-order chi connectivity index (χ0) is 10.7. The summed E-state index contributed by atoms with van der Waals surface area (Å²) in [6.45, 7) is 1.83. The molecule has 0 spiro atoms. The van der Waals surface area contributed by atoms with Crippen molar-refractivity contribution in [1.82, 2.24) is 5.01 Å². The van der Waals surface area contributed by atoms with Gasteiger partial charge in [0, 0.05) is 12.6 Å². The van der Waals surface area contributed by atoms with Crippen molar-refractivity contribution in [2.45, 2.75) is 6.92 Å². The normalized spacial score (nSPS) is 9.29.